The Morgan fingerprint density at radius 2 is 2.06 bits per heavy atom. The lowest BCUT2D eigenvalue weighted by Crippen LogP contribution is -2.52. The average Bonchev–Trinajstić information content (AvgIpc) is 2.70. The molecule has 5 heteroatoms. The third-order valence-corrected chi connectivity index (χ3v) is 4.45. The van der Waals surface area contributed by atoms with Crippen molar-refractivity contribution in [2.24, 2.45) is 11.1 Å². The van der Waals surface area contributed by atoms with Gasteiger partial charge in [0.1, 0.15) is 5.82 Å². The predicted octanol–water partition coefficient (Wildman–Crippen LogP) is 2.40. The van der Waals surface area contributed by atoms with E-state index in [1.165, 1.54) is 11.5 Å². The van der Waals surface area contributed by atoms with Crippen LogP contribution in [-0.4, -0.2) is 28.5 Å². The number of piperidine rings is 1. The topological polar surface area (TPSA) is 55.0 Å². The van der Waals surface area contributed by atoms with Crippen LogP contribution in [0.5, 0.6) is 0 Å². The third kappa shape index (κ3) is 2.67. The number of anilines is 1. The second-order valence-corrected chi connectivity index (χ2v) is 7.69. The van der Waals surface area contributed by atoms with E-state index in [0.29, 0.717) is 0 Å². The lowest BCUT2D eigenvalue weighted by molar-refractivity contribution is 0.245. The Morgan fingerprint density at radius 1 is 1.39 bits per heavy atom. The minimum atomic E-state index is 0.0243. The summed E-state index contributed by atoms with van der Waals surface area (Å²) in [6.45, 7) is 12.9. The monoisotopic (exact) mass is 268 g/mol. The van der Waals surface area contributed by atoms with Gasteiger partial charge in [-0.2, -0.15) is 4.37 Å². The maximum atomic E-state index is 6.17. The smallest absolute Gasteiger partial charge is 0.205 e. The van der Waals surface area contributed by atoms with E-state index in [0.717, 1.165) is 30.5 Å². The van der Waals surface area contributed by atoms with Gasteiger partial charge in [0.05, 0.1) is 0 Å². The van der Waals surface area contributed by atoms with Crippen LogP contribution >= 0.6 is 11.5 Å². The maximum absolute atomic E-state index is 6.17. The van der Waals surface area contributed by atoms with Crippen molar-refractivity contribution < 1.29 is 0 Å². The van der Waals surface area contributed by atoms with Crippen LogP contribution < -0.4 is 10.6 Å². The Labute approximate surface area is 114 Å². The van der Waals surface area contributed by atoms with Gasteiger partial charge in [-0.3, -0.25) is 0 Å². The van der Waals surface area contributed by atoms with Crippen LogP contribution in [0.2, 0.25) is 0 Å². The van der Waals surface area contributed by atoms with Crippen LogP contribution in [0.25, 0.3) is 0 Å². The summed E-state index contributed by atoms with van der Waals surface area (Å²) in [7, 11) is 0. The van der Waals surface area contributed by atoms with Crippen molar-refractivity contribution >= 4 is 16.7 Å². The van der Waals surface area contributed by atoms with Crippen LogP contribution in [0, 0.1) is 5.41 Å². The zero-order chi connectivity index (χ0) is 13.6. The Bertz CT molecular complexity index is 419. The van der Waals surface area contributed by atoms with E-state index in [4.69, 9.17) is 5.73 Å². The predicted molar refractivity (Wildman–Crippen MR) is 77.2 cm³/mol. The van der Waals surface area contributed by atoms with Crippen LogP contribution in [0.15, 0.2) is 0 Å². The molecule has 1 atom stereocenters. The van der Waals surface area contributed by atoms with Crippen LogP contribution in [0.1, 0.15) is 46.9 Å². The molecule has 102 valence electrons. The zero-order valence-electron chi connectivity index (χ0n) is 12.0. The molecule has 2 heterocycles. The van der Waals surface area contributed by atoms with Gasteiger partial charge in [0.25, 0.3) is 0 Å². The van der Waals surface area contributed by atoms with Gasteiger partial charge in [0.15, 0.2) is 0 Å². The molecule has 1 aliphatic rings. The molecule has 0 amide bonds. The first-order valence-electron chi connectivity index (χ1n) is 6.55. The van der Waals surface area contributed by atoms with Gasteiger partial charge in [-0.1, -0.05) is 34.6 Å². The number of aromatic nitrogens is 2. The average molecular weight is 268 g/mol. The highest BCUT2D eigenvalue weighted by molar-refractivity contribution is 7.09. The Balaban J connectivity index is 2.16. The number of nitrogens with two attached hydrogens (primary N) is 1. The van der Waals surface area contributed by atoms with E-state index in [9.17, 15) is 0 Å². The molecule has 0 radical (unpaired) electrons. The molecule has 4 nitrogen and oxygen atoms in total. The van der Waals surface area contributed by atoms with Crippen molar-refractivity contribution in [3.05, 3.63) is 5.82 Å². The minimum Gasteiger partial charge on any atom is -0.346 e. The first-order chi connectivity index (χ1) is 8.20. The van der Waals surface area contributed by atoms with Crippen molar-refractivity contribution in [1.29, 1.82) is 0 Å². The first-order valence-corrected chi connectivity index (χ1v) is 7.32. The highest BCUT2D eigenvalue weighted by Gasteiger charge is 2.35. The van der Waals surface area contributed by atoms with Gasteiger partial charge >= 0.3 is 0 Å². The Kier molecular flexibility index (Phi) is 3.40. The van der Waals surface area contributed by atoms with Crippen molar-refractivity contribution in [2.75, 3.05) is 18.0 Å². The summed E-state index contributed by atoms with van der Waals surface area (Å²) in [4.78, 5) is 7.02. The standard InChI is InChI=1S/C13H24N4S/c1-12(2,3)10-15-11(18-16-10)17-7-6-9(14)13(4,5)8-17/h9H,6-8,14H2,1-5H3. The summed E-state index contributed by atoms with van der Waals surface area (Å²) < 4.78 is 4.49. The van der Waals surface area contributed by atoms with Crippen LogP contribution in [-0.2, 0) is 5.41 Å². The van der Waals surface area contributed by atoms with E-state index >= 15 is 0 Å². The van der Waals surface area contributed by atoms with Gasteiger partial charge in [-0.25, -0.2) is 4.98 Å². The van der Waals surface area contributed by atoms with Crippen molar-refractivity contribution in [1.82, 2.24) is 9.36 Å². The fourth-order valence-corrected chi connectivity index (χ4v) is 3.07. The van der Waals surface area contributed by atoms with E-state index in [2.05, 4.69) is 48.9 Å². The Hall–Kier alpha value is -0.680. The van der Waals surface area contributed by atoms with E-state index in [1.807, 2.05) is 0 Å². The normalized spacial score (nSPS) is 24.3. The highest BCUT2D eigenvalue weighted by atomic mass is 32.1. The molecule has 0 aromatic carbocycles. The van der Waals surface area contributed by atoms with Crippen LogP contribution in [0.4, 0.5) is 5.13 Å². The first kappa shape index (κ1) is 13.7. The van der Waals surface area contributed by atoms with Gasteiger partial charge < -0.3 is 10.6 Å². The lowest BCUT2D eigenvalue weighted by Gasteiger charge is -2.42. The molecule has 1 unspecified atom stereocenters. The summed E-state index contributed by atoms with van der Waals surface area (Å²) in [6, 6.07) is 0.281. The summed E-state index contributed by atoms with van der Waals surface area (Å²) in [5.41, 5.74) is 6.34. The van der Waals surface area contributed by atoms with Gasteiger partial charge in [0.2, 0.25) is 5.13 Å². The van der Waals surface area contributed by atoms with E-state index in [-0.39, 0.29) is 16.9 Å². The molecule has 0 saturated carbocycles. The van der Waals surface area contributed by atoms with Gasteiger partial charge in [0, 0.05) is 36.1 Å². The molecule has 18 heavy (non-hydrogen) atoms. The van der Waals surface area contributed by atoms with Crippen LogP contribution in [0.3, 0.4) is 0 Å². The van der Waals surface area contributed by atoms with Crippen molar-refractivity contribution in [3.63, 3.8) is 0 Å². The molecule has 1 aromatic heterocycles. The largest absolute Gasteiger partial charge is 0.346 e. The SMILES string of the molecule is CC(C)(C)c1nsc(N2CCC(N)C(C)(C)C2)n1. The lowest BCUT2D eigenvalue weighted by atomic mass is 9.80. The van der Waals surface area contributed by atoms with E-state index < -0.39 is 0 Å². The molecular weight excluding hydrogens is 244 g/mol. The molecule has 1 aromatic rings. The fraction of sp³-hybridized carbons (Fsp3) is 0.846. The number of rotatable bonds is 1. The summed E-state index contributed by atoms with van der Waals surface area (Å²) in [6.07, 6.45) is 1.03. The molecule has 1 saturated heterocycles. The maximum Gasteiger partial charge on any atom is 0.205 e. The zero-order valence-corrected chi connectivity index (χ0v) is 12.8. The van der Waals surface area contributed by atoms with Gasteiger partial charge in [-0.05, 0) is 11.8 Å². The summed E-state index contributed by atoms with van der Waals surface area (Å²) >= 11 is 1.51. The summed E-state index contributed by atoms with van der Waals surface area (Å²) in [5, 5.41) is 1.04. The molecular formula is C13H24N4S. The van der Waals surface area contributed by atoms with E-state index in [1.54, 1.807) is 0 Å². The molecule has 2 rings (SSSR count). The second-order valence-electron chi connectivity index (χ2n) is 6.96. The fourth-order valence-electron chi connectivity index (χ4n) is 2.19. The number of nitrogens with zero attached hydrogens (tertiary/aromatic N) is 3. The molecule has 0 spiro atoms. The minimum absolute atomic E-state index is 0.0243. The molecule has 0 aliphatic carbocycles. The summed E-state index contributed by atoms with van der Waals surface area (Å²) in [5.74, 6) is 0.940. The molecule has 2 N–H and O–H groups in total. The molecule has 0 bridgehead atoms. The van der Waals surface area contributed by atoms with Crippen molar-refractivity contribution in [2.45, 2.75) is 52.5 Å². The number of hydrogen-bond acceptors (Lipinski definition) is 5. The highest BCUT2D eigenvalue weighted by Crippen LogP contribution is 2.33. The van der Waals surface area contributed by atoms with Crippen molar-refractivity contribution in [3.8, 4) is 0 Å². The third-order valence-electron chi connectivity index (χ3n) is 3.67. The Morgan fingerprint density at radius 3 is 2.56 bits per heavy atom. The second kappa shape index (κ2) is 4.46. The molecule has 1 aliphatic heterocycles. The van der Waals surface area contributed by atoms with Gasteiger partial charge in [-0.15, -0.1) is 0 Å². The number of hydrogen-bond donors (Lipinski definition) is 1. The molecule has 1 fully saturated rings. The quantitative estimate of drug-likeness (QED) is 0.850.